The molecule has 140 valence electrons. The summed E-state index contributed by atoms with van der Waals surface area (Å²) < 4.78 is 7.67. The van der Waals surface area contributed by atoms with Crippen LogP contribution in [0.4, 0.5) is 5.69 Å². The van der Waals surface area contributed by atoms with E-state index in [4.69, 9.17) is 16.1 Å². The summed E-state index contributed by atoms with van der Waals surface area (Å²) in [7, 11) is 4.09. The zero-order valence-corrected chi connectivity index (χ0v) is 16.5. The van der Waals surface area contributed by atoms with Crippen molar-refractivity contribution in [1.29, 1.82) is 0 Å². The lowest BCUT2D eigenvalue weighted by Gasteiger charge is -2.12. The first-order chi connectivity index (χ1) is 13.1. The number of pyridine rings is 1. The van der Waals surface area contributed by atoms with Crippen molar-refractivity contribution >= 4 is 39.1 Å². The summed E-state index contributed by atoms with van der Waals surface area (Å²) in [6.45, 7) is 2.85. The first-order valence-electron chi connectivity index (χ1n) is 9.10. The molecule has 27 heavy (non-hydrogen) atoms. The third-order valence-corrected chi connectivity index (χ3v) is 5.04. The molecule has 0 aliphatic carbocycles. The van der Waals surface area contributed by atoms with E-state index >= 15 is 0 Å². The molecular weight excluding hydrogens is 362 g/mol. The minimum absolute atomic E-state index is 0.458. The predicted molar refractivity (Wildman–Crippen MR) is 110 cm³/mol. The van der Waals surface area contributed by atoms with Crippen LogP contribution in [0.5, 0.6) is 0 Å². The van der Waals surface area contributed by atoms with Gasteiger partial charge >= 0.3 is 0 Å². The molecule has 0 unspecified atom stereocenters. The number of hydrogen-bond donors (Lipinski definition) is 0. The number of alkyl halides is 1. The highest BCUT2D eigenvalue weighted by atomic mass is 35.5. The fourth-order valence-electron chi connectivity index (χ4n) is 3.34. The molecule has 0 saturated heterocycles. The molecule has 0 amide bonds. The predicted octanol–water partition coefficient (Wildman–Crippen LogP) is 4.50. The number of rotatable bonds is 6. The van der Waals surface area contributed by atoms with E-state index < -0.39 is 0 Å². The summed E-state index contributed by atoms with van der Waals surface area (Å²) in [5.74, 6) is 1.77. The van der Waals surface area contributed by atoms with E-state index in [9.17, 15) is 0 Å². The van der Waals surface area contributed by atoms with Gasteiger partial charge in [-0.1, -0.05) is 12.1 Å². The minimum atomic E-state index is 0.458. The first-order valence-corrected chi connectivity index (χ1v) is 9.64. The second-order valence-electron chi connectivity index (χ2n) is 6.75. The molecule has 0 radical (unpaired) electrons. The molecule has 0 aliphatic rings. The highest BCUT2D eigenvalue weighted by molar-refractivity contribution is 6.17. The van der Waals surface area contributed by atoms with E-state index in [1.165, 1.54) is 10.9 Å². The van der Waals surface area contributed by atoms with Gasteiger partial charge in [-0.25, -0.2) is 4.98 Å². The maximum atomic E-state index is 5.95. The number of hydrogen-bond acceptors (Lipinski definition) is 5. The summed E-state index contributed by atoms with van der Waals surface area (Å²) in [6, 6.07) is 8.56. The number of anilines is 1. The normalized spacial score (nSPS) is 11.6. The fourth-order valence-corrected chi connectivity index (χ4v) is 3.46. The lowest BCUT2D eigenvalue weighted by Crippen LogP contribution is -2.08. The van der Waals surface area contributed by atoms with Gasteiger partial charge in [-0.15, -0.1) is 11.6 Å². The SMILES string of the molecule is CCc1noc(-c2cc3c4cc(N(C)C)ccc4n(CCCCl)c3cn2)n1. The summed E-state index contributed by atoms with van der Waals surface area (Å²) >= 11 is 5.95. The zero-order chi connectivity index (χ0) is 19.0. The molecule has 1 aromatic carbocycles. The van der Waals surface area contributed by atoms with Crippen LogP contribution < -0.4 is 4.90 Å². The zero-order valence-electron chi connectivity index (χ0n) is 15.7. The molecule has 6 nitrogen and oxygen atoms in total. The highest BCUT2D eigenvalue weighted by Gasteiger charge is 2.16. The van der Waals surface area contributed by atoms with Gasteiger partial charge < -0.3 is 14.0 Å². The smallest absolute Gasteiger partial charge is 0.276 e. The van der Waals surface area contributed by atoms with Crippen LogP contribution in [0.25, 0.3) is 33.4 Å². The van der Waals surface area contributed by atoms with Gasteiger partial charge in [0.1, 0.15) is 5.69 Å². The monoisotopic (exact) mass is 383 g/mol. The standard InChI is InChI=1S/C20H22ClN5O/c1-4-19-23-20(27-24-19)16-11-15-14-10-13(25(2)3)6-7-17(14)26(9-5-8-21)18(15)12-22-16/h6-7,10-12H,4-5,8-9H2,1-3H3. The molecule has 4 rings (SSSR count). The van der Waals surface area contributed by atoms with Crippen molar-refractivity contribution in [1.82, 2.24) is 19.7 Å². The molecule has 0 fully saturated rings. The Bertz CT molecular complexity index is 1100. The molecule has 0 spiro atoms. The molecule has 3 heterocycles. The Kier molecular flexibility index (Phi) is 4.74. The first kappa shape index (κ1) is 17.8. The Balaban J connectivity index is 1.94. The van der Waals surface area contributed by atoms with E-state index in [0.29, 0.717) is 23.3 Å². The quantitative estimate of drug-likeness (QED) is 0.459. The van der Waals surface area contributed by atoms with Gasteiger partial charge in [0.15, 0.2) is 5.82 Å². The maximum Gasteiger partial charge on any atom is 0.276 e. The fraction of sp³-hybridized carbons (Fsp3) is 0.350. The Hall–Kier alpha value is -2.60. The second kappa shape index (κ2) is 7.19. The van der Waals surface area contributed by atoms with Crippen LogP contribution in [-0.4, -0.2) is 39.7 Å². The summed E-state index contributed by atoms with van der Waals surface area (Å²) in [5, 5.41) is 6.30. The molecule has 0 bridgehead atoms. The average Bonchev–Trinajstić information content (AvgIpc) is 3.28. The third kappa shape index (κ3) is 3.14. The van der Waals surface area contributed by atoms with Crippen molar-refractivity contribution in [3.8, 4) is 11.6 Å². The van der Waals surface area contributed by atoms with Gasteiger partial charge in [0.05, 0.1) is 11.7 Å². The molecule has 0 saturated carbocycles. The molecule has 0 atom stereocenters. The lowest BCUT2D eigenvalue weighted by molar-refractivity contribution is 0.422. The topological polar surface area (TPSA) is 60.0 Å². The largest absolute Gasteiger partial charge is 0.378 e. The maximum absolute atomic E-state index is 5.95. The van der Waals surface area contributed by atoms with E-state index in [0.717, 1.165) is 36.0 Å². The lowest BCUT2D eigenvalue weighted by atomic mass is 10.1. The van der Waals surface area contributed by atoms with Crippen molar-refractivity contribution in [2.24, 2.45) is 0 Å². The highest BCUT2D eigenvalue weighted by Crippen LogP contribution is 2.33. The van der Waals surface area contributed by atoms with Gasteiger partial charge in [-0.2, -0.15) is 4.98 Å². The third-order valence-electron chi connectivity index (χ3n) is 4.77. The molecule has 3 aromatic heterocycles. The van der Waals surface area contributed by atoms with Crippen LogP contribution in [0.15, 0.2) is 35.0 Å². The minimum Gasteiger partial charge on any atom is -0.378 e. The second-order valence-corrected chi connectivity index (χ2v) is 7.12. The Morgan fingerprint density at radius 2 is 1.96 bits per heavy atom. The van der Waals surface area contributed by atoms with Crippen molar-refractivity contribution < 1.29 is 4.52 Å². The Morgan fingerprint density at radius 3 is 2.67 bits per heavy atom. The number of aromatic nitrogens is 4. The van der Waals surface area contributed by atoms with E-state index in [1.54, 1.807) is 0 Å². The average molecular weight is 384 g/mol. The van der Waals surface area contributed by atoms with Gasteiger partial charge in [-0.3, -0.25) is 0 Å². The van der Waals surface area contributed by atoms with E-state index in [-0.39, 0.29) is 0 Å². The summed E-state index contributed by atoms with van der Waals surface area (Å²) in [5.41, 5.74) is 4.12. The van der Waals surface area contributed by atoms with Gasteiger partial charge in [-0.05, 0) is 30.7 Å². The summed E-state index contributed by atoms with van der Waals surface area (Å²) in [6.07, 6.45) is 3.53. The van der Waals surface area contributed by atoms with Gasteiger partial charge in [0.2, 0.25) is 0 Å². The molecule has 0 aliphatic heterocycles. The molecular formula is C20H22ClN5O. The number of fused-ring (bicyclic) bond motifs is 3. The molecule has 7 heteroatoms. The number of nitrogens with zero attached hydrogens (tertiary/aromatic N) is 5. The Morgan fingerprint density at radius 1 is 1.15 bits per heavy atom. The van der Waals surface area contributed by atoms with Crippen LogP contribution >= 0.6 is 11.6 Å². The van der Waals surface area contributed by atoms with Crippen molar-refractivity contribution in [2.75, 3.05) is 24.9 Å². The molecule has 4 aromatic rings. The number of aryl methyl sites for hydroxylation is 2. The van der Waals surface area contributed by atoms with Crippen LogP contribution in [0, 0.1) is 0 Å². The van der Waals surface area contributed by atoms with Gasteiger partial charge in [0.25, 0.3) is 5.89 Å². The Labute approximate surface area is 162 Å². The van der Waals surface area contributed by atoms with Gasteiger partial charge in [0, 0.05) is 54.9 Å². The van der Waals surface area contributed by atoms with Crippen LogP contribution in [0.1, 0.15) is 19.2 Å². The summed E-state index contributed by atoms with van der Waals surface area (Å²) in [4.78, 5) is 11.1. The molecule has 0 N–H and O–H groups in total. The van der Waals surface area contributed by atoms with E-state index in [1.807, 2.05) is 33.3 Å². The number of halogens is 1. The van der Waals surface area contributed by atoms with Crippen molar-refractivity contribution in [2.45, 2.75) is 26.3 Å². The van der Waals surface area contributed by atoms with Crippen LogP contribution in [0.2, 0.25) is 0 Å². The van der Waals surface area contributed by atoms with E-state index in [2.05, 4.69) is 42.8 Å². The van der Waals surface area contributed by atoms with Crippen molar-refractivity contribution in [3.05, 3.63) is 36.3 Å². The van der Waals surface area contributed by atoms with Crippen LogP contribution in [0.3, 0.4) is 0 Å². The van der Waals surface area contributed by atoms with Crippen molar-refractivity contribution in [3.63, 3.8) is 0 Å². The number of benzene rings is 1. The van der Waals surface area contributed by atoms with Crippen LogP contribution in [-0.2, 0) is 13.0 Å².